The van der Waals surface area contributed by atoms with Crippen LogP contribution in [0.15, 0.2) is 12.4 Å². The number of aromatic nitrogens is 2. The molecule has 0 saturated carbocycles. The van der Waals surface area contributed by atoms with Crippen molar-refractivity contribution in [1.82, 2.24) is 20.4 Å². The van der Waals surface area contributed by atoms with Crippen LogP contribution in [0.5, 0.6) is 0 Å². The molecule has 21 heavy (non-hydrogen) atoms. The van der Waals surface area contributed by atoms with Gasteiger partial charge in [-0.15, -0.1) is 0 Å². The highest BCUT2D eigenvalue weighted by Gasteiger charge is 2.40. The number of carboxylic acid groups (broad SMARTS) is 1. The Morgan fingerprint density at radius 2 is 2.19 bits per heavy atom. The highest BCUT2D eigenvalue weighted by molar-refractivity contribution is 5.77. The topological polar surface area (TPSA) is 98.3 Å². The fourth-order valence-corrected chi connectivity index (χ4v) is 2.71. The summed E-state index contributed by atoms with van der Waals surface area (Å²) in [5.74, 6) is -0.753. The van der Waals surface area contributed by atoms with E-state index in [0.29, 0.717) is 32.4 Å². The largest absolute Gasteiger partial charge is 0.481 e. The summed E-state index contributed by atoms with van der Waals surface area (Å²) in [7, 11) is 0. The molecule has 2 heterocycles. The van der Waals surface area contributed by atoms with E-state index in [4.69, 9.17) is 0 Å². The molecule has 116 valence electrons. The van der Waals surface area contributed by atoms with Gasteiger partial charge in [-0.2, -0.15) is 5.10 Å². The molecule has 1 aliphatic rings. The van der Waals surface area contributed by atoms with Crippen molar-refractivity contribution in [2.45, 2.75) is 39.2 Å². The van der Waals surface area contributed by atoms with Gasteiger partial charge in [0, 0.05) is 24.8 Å². The zero-order valence-corrected chi connectivity index (χ0v) is 12.4. The van der Waals surface area contributed by atoms with Gasteiger partial charge in [0.05, 0.1) is 17.7 Å². The van der Waals surface area contributed by atoms with Gasteiger partial charge in [-0.25, -0.2) is 4.79 Å². The third kappa shape index (κ3) is 3.17. The van der Waals surface area contributed by atoms with E-state index in [1.807, 2.05) is 13.8 Å². The highest BCUT2D eigenvalue weighted by Crippen LogP contribution is 2.35. The van der Waals surface area contributed by atoms with Crippen LogP contribution in [0.4, 0.5) is 4.79 Å². The zero-order chi connectivity index (χ0) is 15.5. The van der Waals surface area contributed by atoms with Gasteiger partial charge in [0.2, 0.25) is 0 Å². The smallest absolute Gasteiger partial charge is 0.317 e. The molecule has 0 bridgehead atoms. The number of nitrogens with one attached hydrogen (secondary N) is 2. The Bertz CT molecular complexity index is 492. The number of H-pyrrole nitrogens is 1. The van der Waals surface area contributed by atoms with Crippen molar-refractivity contribution in [2.75, 3.05) is 13.1 Å². The summed E-state index contributed by atoms with van der Waals surface area (Å²) in [4.78, 5) is 25.3. The number of aromatic amines is 1. The third-order valence-corrected chi connectivity index (χ3v) is 4.50. The van der Waals surface area contributed by atoms with E-state index in [0.717, 1.165) is 5.56 Å². The second kappa shape index (κ2) is 6.15. The Hall–Kier alpha value is -2.05. The van der Waals surface area contributed by atoms with Crippen molar-refractivity contribution in [2.24, 2.45) is 5.41 Å². The minimum Gasteiger partial charge on any atom is -0.481 e. The lowest BCUT2D eigenvalue weighted by atomic mass is 9.76. The lowest BCUT2D eigenvalue weighted by Crippen LogP contribution is -2.49. The SMILES string of the molecule is CCC1(C(=O)O)CCN(C(=O)NC(C)c2cn[nH]c2)CC1. The quantitative estimate of drug-likeness (QED) is 0.788. The van der Waals surface area contributed by atoms with Gasteiger partial charge in [-0.1, -0.05) is 6.92 Å². The first-order valence-corrected chi connectivity index (χ1v) is 7.26. The predicted molar refractivity (Wildman–Crippen MR) is 76.7 cm³/mol. The van der Waals surface area contributed by atoms with Crippen LogP contribution in [0.1, 0.15) is 44.7 Å². The summed E-state index contributed by atoms with van der Waals surface area (Å²) in [6.45, 7) is 4.74. The molecule has 1 atom stereocenters. The van der Waals surface area contributed by atoms with Crippen molar-refractivity contribution in [3.8, 4) is 0 Å². The minimum absolute atomic E-state index is 0.131. The van der Waals surface area contributed by atoms with E-state index in [9.17, 15) is 14.7 Å². The number of hydrogen-bond acceptors (Lipinski definition) is 3. The first kappa shape index (κ1) is 15.3. The fourth-order valence-electron chi connectivity index (χ4n) is 2.71. The van der Waals surface area contributed by atoms with Crippen LogP contribution >= 0.6 is 0 Å². The number of hydrogen-bond donors (Lipinski definition) is 3. The number of piperidine rings is 1. The molecule has 1 saturated heterocycles. The first-order valence-electron chi connectivity index (χ1n) is 7.26. The summed E-state index contributed by atoms with van der Waals surface area (Å²) in [5.41, 5.74) is 0.237. The van der Waals surface area contributed by atoms with Gasteiger partial charge in [0.25, 0.3) is 0 Å². The summed E-state index contributed by atoms with van der Waals surface area (Å²) in [5, 5.41) is 18.8. The lowest BCUT2D eigenvalue weighted by molar-refractivity contribution is -0.151. The molecule has 2 rings (SSSR count). The van der Waals surface area contributed by atoms with Gasteiger partial charge < -0.3 is 15.3 Å². The second-order valence-corrected chi connectivity index (χ2v) is 5.63. The van der Waals surface area contributed by atoms with E-state index in [-0.39, 0.29) is 12.1 Å². The molecule has 1 fully saturated rings. The average Bonchev–Trinajstić information content (AvgIpc) is 3.01. The van der Waals surface area contributed by atoms with E-state index in [1.165, 1.54) is 0 Å². The highest BCUT2D eigenvalue weighted by atomic mass is 16.4. The molecular formula is C14H22N4O3. The molecule has 0 radical (unpaired) electrons. The minimum atomic E-state index is -0.753. The number of aliphatic carboxylic acids is 1. The molecule has 1 unspecified atom stereocenters. The van der Waals surface area contributed by atoms with Gasteiger partial charge in [-0.3, -0.25) is 9.89 Å². The molecule has 1 aromatic rings. The lowest BCUT2D eigenvalue weighted by Gasteiger charge is -2.38. The van der Waals surface area contributed by atoms with E-state index in [1.54, 1.807) is 17.3 Å². The molecule has 1 aliphatic heterocycles. The van der Waals surface area contributed by atoms with Gasteiger partial charge in [-0.05, 0) is 26.2 Å². The van der Waals surface area contributed by atoms with E-state index < -0.39 is 11.4 Å². The van der Waals surface area contributed by atoms with Crippen molar-refractivity contribution >= 4 is 12.0 Å². The molecule has 7 heteroatoms. The van der Waals surface area contributed by atoms with Gasteiger partial charge >= 0.3 is 12.0 Å². The normalized spacial score (nSPS) is 19.0. The number of carboxylic acids is 1. The maximum absolute atomic E-state index is 12.2. The molecule has 2 amide bonds. The Balaban J connectivity index is 1.90. The molecule has 3 N–H and O–H groups in total. The Labute approximate surface area is 123 Å². The first-order chi connectivity index (χ1) is 9.98. The monoisotopic (exact) mass is 294 g/mol. The Morgan fingerprint density at radius 3 is 2.67 bits per heavy atom. The molecule has 1 aromatic heterocycles. The van der Waals surface area contributed by atoms with Gasteiger partial charge in [0.15, 0.2) is 0 Å². The van der Waals surface area contributed by atoms with Crippen LogP contribution in [0.2, 0.25) is 0 Å². The Morgan fingerprint density at radius 1 is 1.52 bits per heavy atom. The standard InChI is InChI=1S/C14H22N4O3/c1-3-14(12(19)20)4-6-18(7-5-14)13(21)17-10(2)11-8-15-16-9-11/h8-10H,3-7H2,1-2H3,(H,15,16)(H,17,21)(H,19,20). The fraction of sp³-hybridized carbons (Fsp3) is 0.643. The zero-order valence-electron chi connectivity index (χ0n) is 12.4. The second-order valence-electron chi connectivity index (χ2n) is 5.63. The maximum atomic E-state index is 12.2. The molecule has 0 spiro atoms. The number of rotatable bonds is 4. The van der Waals surface area contributed by atoms with Crippen LogP contribution in [0.25, 0.3) is 0 Å². The van der Waals surface area contributed by atoms with Crippen molar-refractivity contribution < 1.29 is 14.7 Å². The van der Waals surface area contributed by atoms with Crippen molar-refractivity contribution in [1.29, 1.82) is 0 Å². The van der Waals surface area contributed by atoms with Crippen LogP contribution in [-0.4, -0.2) is 45.3 Å². The third-order valence-electron chi connectivity index (χ3n) is 4.50. The number of carbonyl (C=O) groups is 2. The maximum Gasteiger partial charge on any atom is 0.317 e. The van der Waals surface area contributed by atoms with Crippen LogP contribution < -0.4 is 5.32 Å². The molecular weight excluding hydrogens is 272 g/mol. The van der Waals surface area contributed by atoms with Crippen LogP contribution in [-0.2, 0) is 4.79 Å². The summed E-state index contributed by atoms with van der Waals surface area (Å²) < 4.78 is 0. The van der Waals surface area contributed by atoms with Crippen LogP contribution in [0, 0.1) is 5.41 Å². The summed E-state index contributed by atoms with van der Waals surface area (Å²) in [6.07, 6.45) is 5.03. The van der Waals surface area contributed by atoms with Crippen molar-refractivity contribution in [3.63, 3.8) is 0 Å². The predicted octanol–water partition coefficient (Wildman–Crippen LogP) is 1.76. The number of nitrogens with zero attached hydrogens (tertiary/aromatic N) is 2. The average molecular weight is 294 g/mol. The summed E-state index contributed by atoms with van der Waals surface area (Å²) in [6, 6.07) is -0.285. The molecule has 7 nitrogen and oxygen atoms in total. The molecule has 0 aliphatic carbocycles. The summed E-state index contributed by atoms with van der Waals surface area (Å²) >= 11 is 0. The van der Waals surface area contributed by atoms with E-state index >= 15 is 0 Å². The van der Waals surface area contributed by atoms with Crippen molar-refractivity contribution in [3.05, 3.63) is 18.0 Å². The molecule has 0 aromatic carbocycles. The number of urea groups is 1. The van der Waals surface area contributed by atoms with Gasteiger partial charge in [0.1, 0.15) is 0 Å². The number of likely N-dealkylation sites (tertiary alicyclic amines) is 1. The van der Waals surface area contributed by atoms with E-state index in [2.05, 4.69) is 15.5 Å². The number of carbonyl (C=O) groups excluding carboxylic acids is 1. The number of amides is 2. The Kier molecular flexibility index (Phi) is 4.50. The van der Waals surface area contributed by atoms with Crippen LogP contribution in [0.3, 0.4) is 0 Å².